The van der Waals surface area contributed by atoms with Gasteiger partial charge in [0.25, 0.3) is 0 Å². The molecule has 7 unspecified atom stereocenters. The Morgan fingerprint density at radius 3 is 3.05 bits per heavy atom. The van der Waals surface area contributed by atoms with Crippen molar-refractivity contribution in [2.75, 3.05) is 14.2 Å². The van der Waals surface area contributed by atoms with Gasteiger partial charge in [0.15, 0.2) is 0 Å². The average Bonchev–Trinajstić information content (AvgIpc) is 2.85. The van der Waals surface area contributed by atoms with Gasteiger partial charge < -0.3 is 14.6 Å². The Morgan fingerprint density at radius 1 is 1.36 bits per heavy atom. The second-order valence-corrected chi connectivity index (χ2v) is 7.93. The Kier molecular flexibility index (Phi) is 1.95. The van der Waals surface area contributed by atoms with Crippen LogP contribution in [0.5, 0.6) is 0 Å². The van der Waals surface area contributed by atoms with Crippen LogP contribution in [0.2, 0.25) is 0 Å². The van der Waals surface area contributed by atoms with Crippen molar-refractivity contribution in [3.63, 3.8) is 0 Å². The molecule has 3 fully saturated rings. The van der Waals surface area contributed by atoms with Crippen molar-refractivity contribution in [2.24, 2.45) is 11.3 Å². The standard InChI is InChI=1S/C18H21NO3/c1-19-15-10-4-5-11(20)16-18(10)8-17(15,19)7-9-3-6-12(21-2)14(22-16)13(9)18/h3-6,10-12,14-16,20H,7-8H2,1-2H3/t10?,11?,12?,14?,15?,16-,17?,18-,19?/m0/s1. The number of aliphatic hydroxyl groups excluding tert-OH is 1. The molecule has 1 N–H and O–H groups in total. The van der Waals surface area contributed by atoms with Crippen molar-refractivity contribution in [1.29, 1.82) is 0 Å². The lowest BCUT2D eigenvalue weighted by molar-refractivity contribution is -0.0915. The van der Waals surface area contributed by atoms with E-state index in [9.17, 15) is 5.11 Å². The van der Waals surface area contributed by atoms with Crippen LogP contribution in [0.25, 0.3) is 0 Å². The molecule has 1 saturated carbocycles. The molecule has 2 saturated heterocycles. The minimum Gasteiger partial charge on any atom is -0.386 e. The average molecular weight is 299 g/mol. The van der Waals surface area contributed by atoms with Crippen LogP contribution in [0.4, 0.5) is 0 Å². The van der Waals surface area contributed by atoms with E-state index in [4.69, 9.17) is 9.47 Å². The summed E-state index contributed by atoms with van der Waals surface area (Å²) in [5.41, 5.74) is 3.21. The first-order chi connectivity index (χ1) is 10.6. The maximum atomic E-state index is 10.6. The van der Waals surface area contributed by atoms with E-state index in [0.717, 1.165) is 12.8 Å². The fourth-order valence-electron chi connectivity index (χ4n) is 6.70. The van der Waals surface area contributed by atoms with Crippen LogP contribution in [0.1, 0.15) is 12.8 Å². The minimum absolute atomic E-state index is 0.00509. The van der Waals surface area contributed by atoms with Gasteiger partial charge in [0.05, 0.1) is 12.2 Å². The molecule has 0 amide bonds. The zero-order chi connectivity index (χ0) is 14.9. The van der Waals surface area contributed by atoms with E-state index in [1.54, 1.807) is 7.11 Å². The van der Waals surface area contributed by atoms with Crippen LogP contribution in [-0.2, 0) is 9.47 Å². The summed E-state index contributed by atoms with van der Waals surface area (Å²) in [6, 6.07) is 0.612. The molecular formula is C18H21NO3. The number of likely N-dealkylation sites (N-methyl/N-ethyl adjacent to an activating group) is 1. The van der Waals surface area contributed by atoms with Crippen molar-refractivity contribution < 1.29 is 14.6 Å². The summed E-state index contributed by atoms with van der Waals surface area (Å²) in [5, 5.41) is 10.6. The number of hydrogen-bond donors (Lipinski definition) is 1. The Labute approximate surface area is 130 Å². The molecule has 0 aromatic carbocycles. The highest BCUT2D eigenvalue weighted by Gasteiger charge is 2.81. The van der Waals surface area contributed by atoms with Crippen molar-refractivity contribution in [3.05, 3.63) is 35.5 Å². The molecule has 6 rings (SSSR count). The summed E-state index contributed by atoms with van der Waals surface area (Å²) in [6.45, 7) is 0. The Balaban J connectivity index is 1.62. The minimum atomic E-state index is -0.494. The van der Waals surface area contributed by atoms with Gasteiger partial charge >= 0.3 is 0 Å². The van der Waals surface area contributed by atoms with Crippen molar-refractivity contribution >= 4 is 0 Å². The third-order valence-corrected chi connectivity index (χ3v) is 7.45. The number of likely N-dealkylation sites (tertiary alicyclic amines) is 1. The highest BCUT2D eigenvalue weighted by Crippen LogP contribution is 2.76. The van der Waals surface area contributed by atoms with E-state index in [-0.39, 0.29) is 23.7 Å². The van der Waals surface area contributed by atoms with Crippen LogP contribution < -0.4 is 0 Å². The van der Waals surface area contributed by atoms with E-state index in [2.05, 4.69) is 30.2 Å². The Morgan fingerprint density at radius 2 is 2.23 bits per heavy atom. The quantitative estimate of drug-likeness (QED) is 0.580. The van der Waals surface area contributed by atoms with Crippen molar-refractivity contribution in [3.8, 4) is 0 Å². The molecule has 0 aromatic rings. The number of ether oxygens (including phenoxy) is 2. The molecule has 2 aliphatic heterocycles. The van der Waals surface area contributed by atoms with Gasteiger partial charge in [0.1, 0.15) is 12.2 Å². The van der Waals surface area contributed by atoms with E-state index in [1.165, 1.54) is 11.1 Å². The number of nitrogens with zero attached hydrogens (tertiary/aromatic N) is 1. The van der Waals surface area contributed by atoms with Gasteiger partial charge in [0.2, 0.25) is 0 Å². The van der Waals surface area contributed by atoms with Crippen molar-refractivity contribution in [2.45, 2.75) is 48.8 Å². The van der Waals surface area contributed by atoms with Gasteiger partial charge in [-0.3, -0.25) is 4.90 Å². The van der Waals surface area contributed by atoms with Crippen LogP contribution >= 0.6 is 0 Å². The highest BCUT2D eigenvalue weighted by atomic mass is 16.6. The second kappa shape index (κ2) is 3.44. The predicted octanol–water partition coefficient (Wildman–Crippen LogP) is 1.03. The molecule has 6 aliphatic rings. The lowest BCUT2D eigenvalue weighted by atomic mass is 9.59. The number of hydrogen-bond acceptors (Lipinski definition) is 4. The summed E-state index contributed by atoms with van der Waals surface area (Å²) >= 11 is 0. The molecule has 2 spiro atoms. The van der Waals surface area contributed by atoms with E-state index < -0.39 is 6.10 Å². The number of allylic oxidation sites excluding steroid dienone is 1. The first kappa shape index (κ1) is 12.5. The Hall–Kier alpha value is -0.940. The number of methoxy groups -OCH3 is 1. The van der Waals surface area contributed by atoms with Crippen LogP contribution in [-0.4, -0.2) is 60.2 Å². The molecule has 4 heteroatoms. The SMILES string of the molecule is COC1C=CC2=C3C1O[C@H]1C(O)C=CC4C5N(C)C5(C2)C[C@@]341. The largest absolute Gasteiger partial charge is 0.386 e. The van der Waals surface area contributed by atoms with Gasteiger partial charge in [-0.2, -0.15) is 0 Å². The summed E-state index contributed by atoms with van der Waals surface area (Å²) in [6.07, 6.45) is 10.3. The molecule has 2 bridgehead atoms. The molecule has 4 aliphatic carbocycles. The smallest absolute Gasteiger partial charge is 0.110 e. The zero-order valence-corrected chi connectivity index (χ0v) is 12.9. The van der Waals surface area contributed by atoms with Crippen LogP contribution in [0.15, 0.2) is 35.5 Å². The zero-order valence-electron chi connectivity index (χ0n) is 12.9. The fraction of sp³-hybridized carbons (Fsp3) is 0.667. The lowest BCUT2D eigenvalue weighted by Gasteiger charge is -2.46. The fourth-order valence-corrected chi connectivity index (χ4v) is 6.70. The number of fused-ring (bicyclic) bond motifs is 1. The van der Waals surface area contributed by atoms with Crippen LogP contribution in [0, 0.1) is 11.3 Å². The molecule has 9 atom stereocenters. The molecule has 116 valence electrons. The Bertz CT molecular complexity index is 682. The molecular weight excluding hydrogens is 278 g/mol. The van der Waals surface area contributed by atoms with E-state index >= 15 is 0 Å². The maximum absolute atomic E-state index is 10.6. The second-order valence-electron chi connectivity index (χ2n) is 7.93. The van der Waals surface area contributed by atoms with Crippen LogP contribution in [0.3, 0.4) is 0 Å². The molecule has 4 nitrogen and oxygen atoms in total. The molecule has 0 aromatic heterocycles. The lowest BCUT2D eigenvalue weighted by Crippen LogP contribution is -2.50. The van der Waals surface area contributed by atoms with E-state index in [0.29, 0.717) is 17.5 Å². The van der Waals surface area contributed by atoms with Gasteiger partial charge in [-0.25, -0.2) is 0 Å². The summed E-state index contributed by atoms with van der Waals surface area (Å²) < 4.78 is 12.1. The molecule has 2 heterocycles. The van der Waals surface area contributed by atoms with E-state index in [1.807, 2.05) is 6.08 Å². The van der Waals surface area contributed by atoms with Crippen molar-refractivity contribution in [1.82, 2.24) is 4.90 Å². The van der Waals surface area contributed by atoms with Gasteiger partial charge in [-0.1, -0.05) is 24.3 Å². The third-order valence-electron chi connectivity index (χ3n) is 7.45. The molecule has 0 radical (unpaired) electrons. The first-order valence-electron chi connectivity index (χ1n) is 8.33. The van der Waals surface area contributed by atoms with Gasteiger partial charge in [-0.05, 0) is 31.0 Å². The number of aliphatic hydroxyl groups is 1. The van der Waals surface area contributed by atoms with Gasteiger partial charge in [-0.15, -0.1) is 0 Å². The highest BCUT2D eigenvalue weighted by molar-refractivity contribution is 5.56. The number of piperidine rings is 1. The monoisotopic (exact) mass is 299 g/mol. The number of rotatable bonds is 1. The van der Waals surface area contributed by atoms with Gasteiger partial charge in [0, 0.05) is 30.0 Å². The predicted molar refractivity (Wildman–Crippen MR) is 80.2 cm³/mol. The topological polar surface area (TPSA) is 41.7 Å². The first-order valence-corrected chi connectivity index (χ1v) is 8.33. The summed E-state index contributed by atoms with van der Waals surface area (Å²) in [7, 11) is 4.01. The maximum Gasteiger partial charge on any atom is 0.110 e. The summed E-state index contributed by atoms with van der Waals surface area (Å²) in [4.78, 5) is 2.55. The molecule has 22 heavy (non-hydrogen) atoms. The third kappa shape index (κ3) is 1.02. The summed E-state index contributed by atoms with van der Waals surface area (Å²) in [5.74, 6) is 0.479. The normalized spacial score (nSPS) is 62.2.